The van der Waals surface area contributed by atoms with Crippen molar-refractivity contribution in [2.45, 2.75) is 39.5 Å². The van der Waals surface area contributed by atoms with E-state index < -0.39 is 0 Å². The van der Waals surface area contributed by atoms with Gasteiger partial charge in [-0.25, -0.2) is 0 Å². The Hall–Kier alpha value is -0.460. The average Bonchev–Trinajstić information content (AvgIpc) is 2.30. The molecule has 0 radical (unpaired) electrons. The molecule has 0 aromatic rings. The van der Waals surface area contributed by atoms with E-state index in [0.717, 1.165) is 23.8 Å². The Morgan fingerprint density at radius 3 is 2.35 bits per heavy atom. The van der Waals surface area contributed by atoms with Crippen LogP contribution in [0.3, 0.4) is 0 Å². The topological polar surface area (TPSA) is 30.5 Å². The van der Waals surface area contributed by atoms with E-state index in [1.54, 1.807) is 0 Å². The van der Waals surface area contributed by atoms with E-state index in [1.165, 1.54) is 30.2 Å². The minimum absolute atomic E-state index is 0.728. The molecule has 0 unspecified atom stereocenters. The highest BCUT2D eigenvalue weighted by Crippen LogP contribution is 2.12. The van der Waals surface area contributed by atoms with Crippen LogP contribution >= 0.6 is 25.0 Å². The SMILES string of the molecule is CCCCN(CCCC)C1=CNN(S)NC1=S. The summed E-state index contributed by atoms with van der Waals surface area (Å²) in [6.07, 6.45) is 6.68. The molecule has 0 aromatic heterocycles. The van der Waals surface area contributed by atoms with Crippen molar-refractivity contribution >= 4 is 30.0 Å². The van der Waals surface area contributed by atoms with Gasteiger partial charge in [-0.1, -0.05) is 56.2 Å². The van der Waals surface area contributed by atoms with Gasteiger partial charge in [-0.15, -0.1) is 0 Å². The third-order valence-electron chi connectivity index (χ3n) is 2.67. The minimum atomic E-state index is 0.728. The zero-order valence-electron chi connectivity index (χ0n) is 10.6. The van der Waals surface area contributed by atoms with Crippen LogP contribution in [0.5, 0.6) is 0 Å². The first-order valence-electron chi connectivity index (χ1n) is 6.20. The molecule has 0 amide bonds. The van der Waals surface area contributed by atoms with Crippen LogP contribution in [-0.2, 0) is 0 Å². The second kappa shape index (κ2) is 7.79. The van der Waals surface area contributed by atoms with Gasteiger partial charge in [-0.05, 0) is 12.8 Å². The second-order valence-corrected chi connectivity index (χ2v) is 4.91. The number of unbranched alkanes of at least 4 members (excludes halogenated alkanes) is 2. The summed E-state index contributed by atoms with van der Waals surface area (Å²) in [5.74, 6) is 0. The highest BCUT2D eigenvalue weighted by Gasteiger charge is 2.18. The van der Waals surface area contributed by atoms with Crippen molar-refractivity contribution in [1.29, 1.82) is 0 Å². The summed E-state index contributed by atoms with van der Waals surface area (Å²) in [7, 11) is 0. The first-order chi connectivity index (χ1) is 8.19. The first-order valence-corrected chi connectivity index (χ1v) is 7.01. The van der Waals surface area contributed by atoms with Crippen LogP contribution in [0.2, 0.25) is 0 Å². The molecule has 1 aliphatic rings. The van der Waals surface area contributed by atoms with Gasteiger partial charge in [0.25, 0.3) is 0 Å². The maximum atomic E-state index is 5.33. The van der Waals surface area contributed by atoms with Crippen molar-refractivity contribution in [3.05, 3.63) is 11.9 Å². The maximum Gasteiger partial charge on any atom is 0.141 e. The Kier molecular flexibility index (Phi) is 6.69. The number of hydrogen-bond donors (Lipinski definition) is 3. The van der Waals surface area contributed by atoms with Gasteiger partial charge in [0.2, 0.25) is 0 Å². The van der Waals surface area contributed by atoms with Gasteiger partial charge in [0.05, 0.1) is 5.70 Å². The first kappa shape index (κ1) is 14.6. The Morgan fingerprint density at radius 2 is 1.88 bits per heavy atom. The van der Waals surface area contributed by atoms with Crippen molar-refractivity contribution in [3.63, 3.8) is 0 Å². The number of thiocarbonyl (C=S) groups is 1. The number of nitrogens with one attached hydrogen (secondary N) is 2. The van der Waals surface area contributed by atoms with Crippen molar-refractivity contribution in [1.82, 2.24) is 20.3 Å². The number of nitrogens with zero attached hydrogens (tertiary/aromatic N) is 2. The van der Waals surface area contributed by atoms with Gasteiger partial charge in [0.1, 0.15) is 4.99 Å². The normalized spacial score (nSPS) is 16.2. The third-order valence-corrected chi connectivity index (χ3v) is 3.18. The van der Waals surface area contributed by atoms with Gasteiger partial charge in [0.15, 0.2) is 0 Å². The molecule has 17 heavy (non-hydrogen) atoms. The van der Waals surface area contributed by atoms with Crippen LogP contribution in [0.4, 0.5) is 0 Å². The highest BCUT2D eigenvalue weighted by molar-refractivity contribution is 7.81. The zero-order chi connectivity index (χ0) is 12.7. The molecule has 2 N–H and O–H groups in total. The quantitative estimate of drug-likeness (QED) is 0.489. The van der Waals surface area contributed by atoms with Crippen LogP contribution in [0.25, 0.3) is 0 Å². The standard InChI is InChI=1S/C11H22N4S2/c1-3-5-7-14(8-6-4-2)10-9-12-15(17)13-11(10)16/h9,12,17H,3-8H2,1-2H3,(H,13,16). The molecule has 0 bridgehead atoms. The van der Waals surface area contributed by atoms with Crippen LogP contribution in [0.1, 0.15) is 39.5 Å². The molecule has 4 nitrogen and oxygen atoms in total. The fourth-order valence-electron chi connectivity index (χ4n) is 1.66. The summed E-state index contributed by atoms with van der Waals surface area (Å²) < 4.78 is 1.46. The Labute approximate surface area is 115 Å². The molecular weight excluding hydrogens is 252 g/mol. The summed E-state index contributed by atoms with van der Waals surface area (Å²) in [5, 5.41) is 0. The molecule has 1 aliphatic heterocycles. The summed E-state index contributed by atoms with van der Waals surface area (Å²) in [4.78, 5) is 3.07. The molecule has 98 valence electrons. The summed E-state index contributed by atoms with van der Waals surface area (Å²) in [6.45, 7) is 6.52. The fraction of sp³-hybridized carbons (Fsp3) is 0.727. The van der Waals surface area contributed by atoms with Crippen molar-refractivity contribution in [2.24, 2.45) is 0 Å². The summed E-state index contributed by atoms with van der Waals surface area (Å²) >= 11 is 9.46. The van der Waals surface area contributed by atoms with Gasteiger partial charge in [-0.2, -0.15) is 0 Å². The molecule has 0 atom stereocenters. The van der Waals surface area contributed by atoms with Crippen LogP contribution in [0, 0.1) is 0 Å². The Balaban J connectivity index is 2.63. The van der Waals surface area contributed by atoms with Crippen LogP contribution < -0.4 is 10.9 Å². The molecule has 0 fully saturated rings. The summed E-state index contributed by atoms with van der Waals surface area (Å²) in [5.41, 5.74) is 7.02. The second-order valence-electron chi connectivity index (χ2n) is 4.11. The monoisotopic (exact) mass is 274 g/mol. The molecule has 0 spiro atoms. The molecule has 0 saturated heterocycles. The molecule has 0 saturated carbocycles. The lowest BCUT2D eigenvalue weighted by Crippen LogP contribution is -2.50. The number of hydrogen-bond acceptors (Lipinski definition) is 5. The minimum Gasteiger partial charge on any atom is -0.368 e. The fourth-order valence-corrected chi connectivity index (χ4v) is 2.16. The van der Waals surface area contributed by atoms with Crippen molar-refractivity contribution in [3.8, 4) is 0 Å². The van der Waals surface area contributed by atoms with E-state index >= 15 is 0 Å². The molecule has 1 heterocycles. The number of rotatable bonds is 7. The maximum absolute atomic E-state index is 5.33. The molecule has 0 aliphatic carbocycles. The van der Waals surface area contributed by atoms with E-state index in [4.69, 9.17) is 12.2 Å². The van der Waals surface area contributed by atoms with Crippen molar-refractivity contribution in [2.75, 3.05) is 13.1 Å². The lowest BCUT2D eigenvalue weighted by atomic mass is 10.2. The smallest absolute Gasteiger partial charge is 0.141 e. The van der Waals surface area contributed by atoms with Gasteiger partial charge < -0.3 is 4.90 Å². The van der Waals surface area contributed by atoms with Gasteiger partial charge >= 0.3 is 0 Å². The number of thiol groups is 1. The molecule has 0 aromatic carbocycles. The van der Waals surface area contributed by atoms with E-state index in [0.29, 0.717) is 0 Å². The molecule has 1 rings (SSSR count). The van der Waals surface area contributed by atoms with E-state index in [9.17, 15) is 0 Å². The average molecular weight is 274 g/mol. The van der Waals surface area contributed by atoms with Crippen LogP contribution in [-0.4, -0.2) is 27.5 Å². The molecule has 6 heteroatoms. The zero-order valence-corrected chi connectivity index (χ0v) is 12.3. The van der Waals surface area contributed by atoms with Gasteiger partial charge in [-0.3, -0.25) is 10.9 Å². The predicted molar refractivity (Wildman–Crippen MR) is 79.2 cm³/mol. The molecular formula is C11H22N4S2. The lowest BCUT2D eigenvalue weighted by Gasteiger charge is -2.33. The van der Waals surface area contributed by atoms with E-state index in [2.05, 4.69) is 42.4 Å². The highest BCUT2D eigenvalue weighted by atomic mass is 32.1. The Bertz CT molecular complexity index is 273. The van der Waals surface area contributed by atoms with Gasteiger partial charge in [0, 0.05) is 19.3 Å². The Morgan fingerprint density at radius 1 is 1.29 bits per heavy atom. The predicted octanol–water partition coefficient (Wildman–Crippen LogP) is 2.23. The lowest BCUT2D eigenvalue weighted by molar-refractivity contribution is 0.307. The van der Waals surface area contributed by atoms with Crippen molar-refractivity contribution < 1.29 is 0 Å². The largest absolute Gasteiger partial charge is 0.368 e. The van der Waals surface area contributed by atoms with Crippen LogP contribution in [0.15, 0.2) is 11.9 Å². The number of hydrazine groups is 2. The summed E-state index contributed by atoms with van der Waals surface area (Å²) in [6, 6.07) is 0. The van der Waals surface area contributed by atoms with E-state index in [-0.39, 0.29) is 0 Å². The third kappa shape index (κ3) is 4.73. The van der Waals surface area contributed by atoms with E-state index in [1.807, 2.05) is 6.20 Å².